The fourth-order valence-electron chi connectivity index (χ4n) is 7.73. The number of fused-ring (bicyclic) bond motifs is 1. The van der Waals surface area contributed by atoms with Crippen LogP contribution < -0.4 is 32.3 Å². The number of likely N-dealkylation sites (tertiary alicyclic amines) is 1. The topological polar surface area (TPSA) is 294 Å². The second kappa shape index (κ2) is 24.2. The highest BCUT2D eigenvalue weighted by Crippen LogP contribution is 2.22. The molecule has 1 aliphatic rings. The maximum atomic E-state index is 14.3. The Balaban J connectivity index is 1.27. The number of carboxylic acids is 1. The molecular formula is C45H60N10O9S. The summed E-state index contributed by atoms with van der Waals surface area (Å²) in [5.74, 6) is -5.33. The zero-order valence-corrected chi connectivity index (χ0v) is 37.6. The Morgan fingerprint density at radius 2 is 1.54 bits per heavy atom. The largest absolute Gasteiger partial charge is 0.480 e. The Kier molecular flexibility index (Phi) is 18.5. The van der Waals surface area contributed by atoms with E-state index in [1.165, 1.54) is 29.2 Å². The molecule has 65 heavy (non-hydrogen) atoms. The molecule has 1 saturated heterocycles. The molecule has 11 N–H and O–H groups in total. The summed E-state index contributed by atoms with van der Waals surface area (Å²) in [6, 6.07) is 8.42. The first-order valence-electron chi connectivity index (χ1n) is 21.7. The van der Waals surface area contributed by atoms with E-state index in [1.807, 2.05) is 67.8 Å². The van der Waals surface area contributed by atoms with Gasteiger partial charge < -0.3 is 57.4 Å². The van der Waals surface area contributed by atoms with Crippen molar-refractivity contribution >= 4 is 64.1 Å². The number of aliphatic hydroxyl groups excluding tert-OH is 1. The predicted octanol–water partition coefficient (Wildman–Crippen LogP) is 0.537. The van der Waals surface area contributed by atoms with Crippen LogP contribution in [0.1, 0.15) is 56.4 Å². The molecule has 0 radical (unpaired) electrons. The maximum Gasteiger partial charge on any atom is 0.326 e. The van der Waals surface area contributed by atoms with Gasteiger partial charge in [-0.1, -0.05) is 68.8 Å². The van der Waals surface area contributed by atoms with Gasteiger partial charge in [-0.25, -0.2) is 9.78 Å². The lowest BCUT2D eigenvalue weighted by atomic mass is 9.96. The van der Waals surface area contributed by atoms with Gasteiger partial charge in [0.05, 0.1) is 19.0 Å². The molecule has 350 valence electrons. The van der Waals surface area contributed by atoms with Crippen molar-refractivity contribution in [1.82, 2.24) is 46.4 Å². The lowest BCUT2D eigenvalue weighted by Crippen LogP contribution is -2.61. The van der Waals surface area contributed by atoms with Gasteiger partial charge in [-0.15, -0.1) is 0 Å². The summed E-state index contributed by atoms with van der Waals surface area (Å²) in [5, 5.41) is 34.0. The lowest BCUT2D eigenvalue weighted by Gasteiger charge is -2.32. The number of nitrogens with two attached hydrogens (primary N) is 1. The Labute approximate surface area is 381 Å². The highest BCUT2D eigenvalue weighted by atomic mass is 32.2. The standard InChI is InChI=1S/C45H60N10O9S/c1-4-26(2)38(54-40(58)34(19-27-11-6-5-7-12-27)51-39(57)31(46)20-28-22-48-32-14-9-8-13-30(28)32)43(61)50-33(16-18-65-3)44(62)55-17-10-15-37(55)42(60)53-36(24-56)41(59)52-35(45(63)64)21-29-23-47-25-49-29/h5-9,11-14,22-23,25-26,31,33-38,48,56H,4,10,15-21,24,46H2,1-3H3,(H,47,49)(H,50,61)(H,51,57)(H,52,59)(H,53,60)(H,54,58)(H,63,64)/t26-,31-,33-,34-,35-,36-,37-,38-/m0/s1. The second-order valence-electron chi connectivity index (χ2n) is 16.2. The van der Waals surface area contributed by atoms with Crippen molar-refractivity contribution in [2.24, 2.45) is 11.7 Å². The summed E-state index contributed by atoms with van der Waals surface area (Å²) in [4.78, 5) is 106. The molecule has 6 amide bonds. The van der Waals surface area contributed by atoms with Crippen LogP contribution in [0.2, 0.25) is 0 Å². The molecule has 8 atom stereocenters. The number of nitrogens with zero attached hydrogens (tertiary/aromatic N) is 2. The van der Waals surface area contributed by atoms with Gasteiger partial charge in [0.25, 0.3) is 0 Å². The first-order valence-corrected chi connectivity index (χ1v) is 23.1. The van der Waals surface area contributed by atoms with Gasteiger partial charge in [0.2, 0.25) is 35.4 Å². The maximum absolute atomic E-state index is 14.3. The van der Waals surface area contributed by atoms with Crippen LogP contribution in [-0.2, 0) is 52.8 Å². The van der Waals surface area contributed by atoms with E-state index in [1.54, 1.807) is 13.1 Å². The Morgan fingerprint density at radius 3 is 2.22 bits per heavy atom. The number of benzene rings is 2. The molecule has 5 rings (SSSR count). The molecular weight excluding hydrogens is 857 g/mol. The molecule has 0 unspecified atom stereocenters. The first-order chi connectivity index (χ1) is 31.2. The van der Waals surface area contributed by atoms with E-state index in [2.05, 4.69) is 41.5 Å². The third-order valence-electron chi connectivity index (χ3n) is 11.6. The average Bonchev–Trinajstić information content (AvgIpc) is 4.10. The van der Waals surface area contributed by atoms with E-state index in [4.69, 9.17) is 5.73 Å². The van der Waals surface area contributed by atoms with Crippen molar-refractivity contribution in [2.45, 2.75) is 101 Å². The third kappa shape index (κ3) is 13.6. The molecule has 0 aliphatic carbocycles. The molecule has 19 nitrogen and oxygen atoms in total. The molecule has 0 bridgehead atoms. The SMILES string of the molecule is CC[C@H](C)[C@H](NC(=O)[C@H](Cc1ccccc1)NC(=O)[C@@H](N)Cc1c[nH]c2ccccc12)C(=O)N[C@@H](CCSC)C(=O)N1CCC[C@H]1C(=O)N[C@@H](CO)C(=O)N[C@@H](Cc1cnc[nH]1)C(=O)O. The van der Waals surface area contributed by atoms with E-state index >= 15 is 0 Å². The monoisotopic (exact) mass is 916 g/mol. The molecule has 3 heterocycles. The molecule has 0 saturated carbocycles. The number of nitrogens with one attached hydrogen (secondary N) is 7. The molecule has 1 aliphatic heterocycles. The smallest absolute Gasteiger partial charge is 0.326 e. The minimum atomic E-state index is -1.53. The Morgan fingerprint density at radius 1 is 0.846 bits per heavy atom. The van der Waals surface area contributed by atoms with Crippen LogP contribution >= 0.6 is 11.8 Å². The predicted molar refractivity (Wildman–Crippen MR) is 244 cm³/mol. The van der Waals surface area contributed by atoms with Crippen molar-refractivity contribution < 1.29 is 43.8 Å². The van der Waals surface area contributed by atoms with Crippen LogP contribution in [0.3, 0.4) is 0 Å². The number of thioether (sulfide) groups is 1. The zero-order chi connectivity index (χ0) is 47.0. The van der Waals surface area contributed by atoms with Crippen molar-refractivity contribution in [2.75, 3.05) is 25.2 Å². The van der Waals surface area contributed by atoms with E-state index in [0.29, 0.717) is 24.3 Å². The van der Waals surface area contributed by atoms with Gasteiger partial charge in [0, 0.05) is 48.4 Å². The molecule has 2 aromatic carbocycles. The fourth-order valence-corrected chi connectivity index (χ4v) is 8.20. The van der Waals surface area contributed by atoms with Gasteiger partial charge in [-0.05, 0) is 60.8 Å². The van der Waals surface area contributed by atoms with Crippen LogP contribution in [0.4, 0.5) is 0 Å². The minimum absolute atomic E-state index is 0.102. The van der Waals surface area contributed by atoms with Crippen LogP contribution in [0.5, 0.6) is 0 Å². The van der Waals surface area contributed by atoms with Gasteiger partial charge in [0.1, 0.15) is 36.3 Å². The molecule has 0 spiro atoms. The summed E-state index contributed by atoms with van der Waals surface area (Å²) in [6.07, 6.45) is 7.90. The first kappa shape index (κ1) is 49.8. The number of para-hydroxylation sites is 1. The highest BCUT2D eigenvalue weighted by Gasteiger charge is 2.40. The van der Waals surface area contributed by atoms with Crippen molar-refractivity contribution in [1.29, 1.82) is 0 Å². The van der Waals surface area contributed by atoms with Gasteiger partial charge in [0.15, 0.2) is 0 Å². The fraction of sp³-hybridized carbons (Fsp3) is 0.467. The summed E-state index contributed by atoms with van der Waals surface area (Å²) >= 11 is 1.45. The van der Waals surface area contributed by atoms with E-state index in [-0.39, 0.29) is 38.6 Å². The zero-order valence-electron chi connectivity index (χ0n) is 36.8. The third-order valence-corrected chi connectivity index (χ3v) is 12.3. The molecule has 2 aromatic heterocycles. The summed E-state index contributed by atoms with van der Waals surface area (Å²) in [7, 11) is 0. The van der Waals surface area contributed by atoms with Gasteiger partial charge in [-0.3, -0.25) is 28.8 Å². The van der Waals surface area contributed by atoms with Crippen LogP contribution in [0.15, 0.2) is 73.3 Å². The second-order valence-corrected chi connectivity index (χ2v) is 17.2. The van der Waals surface area contributed by atoms with E-state index < -0.39 is 96.2 Å². The van der Waals surface area contributed by atoms with Crippen LogP contribution in [0, 0.1) is 5.92 Å². The number of imidazole rings is 1. The van der Waals surface area contributed by atoms with Crippen molar-refractivity contribution in [3.05, 3.63) is 90.1 Å². The number of aromatic amines is 2. The average molecular weight is 917 g/mol. The molecule has 4 aromatic rings. The minimum Gasteiger partial charge on any atom is -0.480 e. The number of carbonyl (C=O) groups is 7. The molecule has 1 fully saturated rings. The van der Waals surface area contributed by atoms with Gasteiger partial charge in [-0.2, -0.15) is 11.8 Å². The number of aromatic nitrogens is 3. The van der Waals surface area contributed by atoms with E-state index in [0.717, 1.165) is 22.0 Å². The summed E-state index contributed by atoms with van der Waals surface area (Å²) in [5.41, 5.74) is 9.37. The van der Waals surface area contributed by atoms with Crippen molar-refractivity contribution in [3.63, 3.8) is 0 Å². The summed E-state index contributed by atoms with van der Waals surface area (Å²) < 4.78 is 0. The number of rotatable bonds is 24. The van der Waals surface area contributed by atoms with Crippen molar-refractivity contribution in [3.8, 4) is 0 Å². The number of aliphatic hydroxyl groups is 1. The highest BCUT2D eigenvalue weighted by molar-refractivity contribution is 7.98. The van der Waals surface area contributed by atoms with E-state index in [9.17, 15) is 43.8 Å². The number of amides is 6. The summed E-state index contributed by atoms with van der Waals surface area (Å²) in [6.45, 7) is 2.96. The van der Waals surface area contributed by atoms with Gasteiger partial charge >= 0.3 is 5.97 Å². The normalized spacial score (nSPS) is 16.9. The number of aliphatic carboxylic acids is 1. The molecule has 20 heteroatoms. The number of hydrogen-bond donors (Lipinski definition) is 10. The number of carboxylic acid groups (broad SMARTS) is 1. The Bertz CT molecular complexity index is 2240. The lowest BCUT2D eigenvalue weighted by molar-refractivity contribution is -0.144. The number of H-pyrrole nitrogens is 2. The van der Waals surface area contributed by atoms with Crippen LogP contribution in [0.25, 0.3) is 10.9 Å². The Hall–Kier alpha value is -6.25. The number of hydrogen-bond acceptors (Lipinski definition) is 11. The number of carbonyl (C=O) groups excluding carboxylic acids is 6. The van der Waals surface area contributed by atoms with Crippen LogP contribution in [-0.4, -0.2) is 139 Å². The quantitative estimate of drug-likeness (QED) is 0.0461.